The summed E-state index contributed by atoms with van der Waals surface area (Å²) in [6.45, 7) is -0.140. The molecule has 6 heteroatoms. The third kappa shape index (κ3) is 5.75. The first-order valence-electron chi connectivity index (χ1n) is 7.03. The van der Waals surface area contributed by atoms with Crippen LogP contribution in [-0.2, 0) is 9.63 Å². The minimum absolute atomic E-state index is 0.140. The molecule has 2 aromatic rings. The predicted octanol–water partition coefficient (Wildman–Crippen LogP) is 3.50. The average Bonchev–Trinajstić information content (AvgIpc) is 2.52. The molecule has 0 atom stereocenters. The molecule has 2 aromatic carbocycles. The molecule has 1 N–H and O–H groups in total. The van der Waals surface area contributed by atoms with Crippen molar-refractivity contribution in [2.75, 3.05) is 30.9 Å². The van der Waals surface area contributed by atoms with Gasteiger partial charge in [-0.15, -0.1) is 0 Å². The molecule has 2 rings (SSSR count). The molecule has 0 aliphatic carbocycles. The van der Waals surface area contributed by atoms with Crippen LogP contribution in [0.25, 0.3) is 0 Å². The number of anilines is 2. The molecule has 0 aliphatic rings. The lowest BCUT2D eigenvalue weighted by Crippen LogP contribution is -2.16. The lowest BCUT2D eigenvalue weighted by atomic mass is 10.2. The largest absolute Gasteiger partial charge is 0.386 e. The molecule has 0 spiro atoms. The molecule has 0 unspecified atom stereocenters. The molecule has 23 heavy (non-hydrogen) atoms. The fourth-order valence-electron chi connectivity index (χ4n) is 1.82. The summed E-state index contributed by atoms with van der Waals surface area (Å²) in [4.78, 5) is 18.8. The predicted molar refractivity (Wildman–Crippen MR) is 97.1 cm³/mol. The van der Waals surface area contributed by atoms with Crippen molar-refractivity contribution in [3.05, 3.63) is 58.6 Å². The van der Waals surface area contributed by atoms with Gasteiger partial charge in [-0.2, -0.15) is 0 Å². The van der Waals surface area contributed by atoms with Crippen LogP contribution in [0.15, 0.2) is 58.2 Å². The third-order valence-corrected chi connectivity index (χ3v) is 3.48. The monoisotopic (exact) mass is 375 g/mol. The number of nitrogens with zero attached hydrogens (tertiary/aromatic N) is 2. The molecule has 120 valence electrons. The molecule has 0 saturated heterocycles. The molecule has 0 radical (unpaired) electrons. The van der Waals surface area contributed by atoms with E-state index in [0.29, 0.717) is 5.69 Å². The van der Waals surface area contributed by atoms with E-state index in [2.05, 4.69) is 26.4 Å². The minimum Gasteiger partial charge on any atom is -0.386 e. The molecular formula is C17H18BrN3O2. The van der Waals surface area contributed by atoms with Crippen LogP contribution in [0.3, 0.4) is 0 Å². The molecule has 0 bridgehead atoms. The smallest absolute Gasteiger partial charge is 0.265 e. The van der Waals surface area contributed by atoms with Gasteiger partial charge in [-0.1, -0.05) is 39.3 Å². The molecule has 0 fully saturated rings. The van der Waals surface area contributed by atoms with Crippen LogP contribution in [0, 0.1) is 0 Å². The minimum atomic E-state index is -0.261. The van der Waals surface area contributed by atoms with Gasteiger partial charge in [0.05, 0.1) is 6.21 Å². The topological polar surface area (TPSA) is 53.9 Å². The van der Waals surface area contributed by atoms with Crippen molar-refractivity contribution in [1.29, 1.82) is 0 Å². The number of hydrogen-bond acceptors (Lipinski definition) is 4. The van der Waals surface area contributed by atoms with Crippen LogP contribution in [0.1, 0.15) is 5.56 Å². The van der Waals surface area contributed by atoms with Crippen molar-refractivity contribution < 1.29 is 9.63 Å². The van der Waals surface area contributed by atoms with Gasteiger partial charge in [0.25, 0.3) is 5.91 Å². The summed E-state index contributed by atoms with van der Waals surface area (Å²) in [7, 11) is 3.96. The molecule has 0 saturated carbocycles. The zero-order chi connectivity index (χ0) is 16.7. The lowest BCUT2D eigenvalue weighted by molar-refractivity contribution is -0.120. The van der Waals surface area contributed by atoms with E-state index < -0.39 is 0 Å². The normalized spacial score (nSPS) is 10.6. The van der Waals surface area contributed by atoms with E-state index in [1.54, 1.807) is 12.3 Å². The van der Waals surface area contributed by atoms with Crippen molar-refractivity contribution in [2.24, 2.45) is 5.16 Å². The van der Waals surface area contributed by atoms with Gasteiger partial charge in [-0.3, -0.25) is 4.79 Å². The zero-order valence-corrected chi connectivity index (χ0v) is 14.6. The third-order valence-electron chi connectivity index (χ3n) is 2.99. The molecule has 0 aliphatic heterocycles. The number of benzene rings is 2. The Morgan fingerprint density at radius 2 is 2.00 bits per heavy atom. The van der Waals surface area contributed by atoms with Gasteiger partial charge in [0.2, 0.25) is 0 Å². The summed E-state index contributed by atoms with van der Waals surface area (Å²) in [6.07, 6.45) is 1.58. The highest BCUT2D eigenvalue weighted by molar-refractivity contribution is 9.10. The van der Waals surface area contributed by atoms with E-state index in [-0.39, 0.29) is 12.5 Å². The van der Waals surface area contributed by atoms with Crippen molar-refractivity contribution in [3.8, 4) is 0 Å². The highest BCUT2D eigenvalue weighted by Gasteiger charge is 2.02. The van der Waals surface area contributed by atoms with Gasteiger partial charge >= 0.3 is 0 Å². The summed E-state index contributed by atoms with van der Waals surface area (Å²) < 4.78 is 0.899. The maximum atomic E-state index is 11.7. The second kappa shape index (κ2) is 8.33. The Labute approximate surface area is 144 Å². The van der Waals surface area contributed by atoms with Gasteiger partial charge < -0.3 is 15.1 Å². The Morgan fingerprint density at radius 3 is 2.65 bits per heavy atom. The highest BCUT2D eigenvalue weighted by atomic mass is 79.9. The number of nitrogens with one attached hydrogen (secondary N) is 1. The zero-order valence-electron chi connectivity index (χ0n) is 13.0. The van der Waals surface area contributed by atoms with Crippen LogP contribution < -0.4 is 10.2 Å². The average molecular weight is 376 g/mol. The molecule has 1 amide bonds. The fraction of sp³-hybridized carbons (Fsp3) is 0.176. The van der Waals surface area contributed by atoms with E-state index in [9.17, 15) is 4.79 Å². The van der Waals surface area contributed by atoms with Crippen LogP contribution >= 0.6 is 15.9 Å². The number of amides is 1. The number of oxime groups is 1. The van der Waals surface area contributed by atoms with Crippen LogP contribution in [0.2, 0.25) is 0 Å². The van der Waals surface area contributed by atoms with Gasteiger partial charge in [0.1, 0.15) is 0 Å². The van der Waals surface area contributed by atoms with Crippen molar-refractivity contribution >= 4 is 39.4 Å². The Balaban J connectivity index is 1.78. The first-order chi connectivity index (χ1) is 11.0. The Bertz CT molecular complexity index is 684. The Morgan fingerprint density at radius 1 is 1.26 bits per heavy atom. The van der Waals surface area contributed by atoms with Gasteiger partial charge in [0, 0.05) is 29.9 Å². The van der Waals surface area contributed by atoms with Crippen molar-refractivity contribution in [2.45, 2.75) is 0 Å². The van der Waals surface area contributed by atoms with E-state index in [1.165, 1.54) is 0 Å². The number of carbonyl (C=O) groups excluding carboxylic acids is 1. The fourth-order valence-corrected chi connectivity index (χ4v) is 2.22. The van der Waals surface area contributed by atoms with E-state index in [4.69, 9.17) is 4.84 Å². The van der Waals surface area contributed by atoms with Crippen molar-refractivity contribution in [1.82, 2.24) is 0 Å². The second-order valence-corrected chi connectivity index (χ2v) is 5.97. The van der Waals surface area contributed by atoms with E-state index >= 15 is 0 Å². The maximum Gasteiger partial charge on any atom is 0.265 e. The highest BCUT2D eigenvalue weighted by Crippen LogP contribution is 2.15. The molecular weight excluding hydrogens is 358 g/mol. The SMILES string of the molecule is CN(C)c1ccc(/C=N\OCC(=O)Nc2cccc(Br)c2)cc1. The molecule has 0 heterocycles. The van der Waals surface area contributed by atoms with E-state index in [1.807, 2.05) is 61.5 Å². The number of rotatable bonds is 6. The lowest BCUT2D eigenvalue weighted by Gasteiger charge is -2.11. The number of hydrogen-bond donors (Lipinski definition) is 1. The maximum absolute atomic E-state index is 11.7. The van der Waals surface area contributed by atoms with Crippen molar-refractivity contribution in [3.63, 3.8) is 0 Å². The van der Waals surface area contributed by atoms with Gasteiger partial charge in [0.15, 0.2) is 6.61 Å². The second-order valence-electron chi connectivity index (χ2n) is 5.05. The quantitative estimate of drug-likeness (QED) is 0.620. The summed E-state index contributed by atoms with van der Waals surface area (Å²) in [6, 6.07) is 15.2. The number of carbonyl (C=O) groups is 1. The standard InChI is InChI=1S/C17H18BrN3O2/c1-21(2)16-8-6-13(7-9-16)11-19-23-12-17(22)20-15-5-3-4-14(18)10-15/h3-11H,12H2,1-2H3,(H,20,22)/b19-11-. The van der Waals surface area contributed by atoms with Crippen LogP contribution in [0.4, 0.5) is 11.4 Å². The van der Waals surface area contributed by atoms with Crippen LogP contribution in [-0.4, -0.2) is 32.8 Å². The van der Waals surface area contributed by atoms with Gasteiger partial charge in [-0.05, 0) is 35.9 Å². The Hall–Kier alpha value is -2.34. The number of halogens is 1. The first kappa shape index (κ1) is 17.0. The van der Waals surface area contributed by atoms with Crippen LogP contribution in [0.5, 0.6) is 0 Å². The summed E-state index contributed by atoms with van der Waals surface area (Å²) in [5, 5.41) is 6.53. The summed E-state index contributed by atoms with van der Waals surface area (Å²) in [5.74, 6) is -0.261. The Kier molecular flexibility index (Phi) is 6.17. The van der Waals surface area contributed by atoms with E-state index in [0.717, 1.165) is 15.7 Å². The van der Waals surface area contributed by atoms with Gasteiger partial charge in [-0.25, -0.2) is 0 Å². The molecule has 5 nitrogen and oxygen atoms in total. The summed E-state index contributed by atoms with van der Waals surface area (Å²) in [5.41, 5.74) is 2.72. The summed E-state index contributed by atoms with van der Waals surface area (Å²) >= 11 is 3.35. The molecule has 0 aromatic heterocycles. The first-order valence-corrected chi connectivity index (χ1v) is 7.82.